The fourth-order valence-corrected chi connectivity index (χ4v) is 1.89. The topological polar surface area (TPSA) is 47.2 Å². The van der Waals surface area contributed by atoms with E-state index in [1.165, 1.54) is 12.8 Å². The van der Waals surface area contributed by atoms with Crippen LogP contribution in [0.15, 0.2) is 45.7 Å². The fourth-order valence-electron chi connectivity index (χ4n) is 1.89. The number of nitrogens with zero attached hydrogens (tertiary/aromatic N) is 1. The zero-order valence-corrected chi connectivity index (χ0v) is 10.1. The second-order valence-electron chi connectivity index (χ2n) is 4.69. The second kappa shape index (κ2) is 4.82. The van der Waals surface area contributed by atoms with Crippen LogP contribution in [-0.4, -0.2) is 10.6 Å². The van der Waals surface area contributed by atoms with Gasteiger partial charge in [-0.15, -0.1) is 0 Å². The molecular weight excluding hydrogens is 228 g/mol. The van der Waals surface area contributed by atoms with Gasteiger partial charge >= 0.3 is 0 Å². The molecule has 94 valence electrons. The largest absolute Gasteiger partial charge is 0.463 e. The summed E-state index contributed by atoms with van der Waals surface area (Å²) in [5.41, 5.74) is -0.00782. The van der Waals surface area contributed by atoms with Gasteiger partial charge in [0.2, 0.25) is 0 Å². The summed E-state index contributed by atoms with van der Waals surface area (Å²) in [5, 5.41) is 3.40. The zero-order chi connectivity index (χ0) is 12.4. The molecule has 0 aromatic carbocycles. The van der Waals surface area contributed by atoms with E-state index in [9.17, 15) is 4.79 Å². The predicted molar refractivity (Wildman–Crippen MR) is 68.4 cm³/mol. The molecule has 0 saturated heterocycles. The smallest absolute Gasteiger partial charge is 0.250 e. The molecule has 1 aliphatic carbocycles. The third kappa shape index (κ3) is 2.71. The summed E-state index contributed by atoms with van der Waals surface area (Å²) in [5.74, 6) is 1.75. The van der Waals surface area contributed by atoms with Crippen LogP contribution in [0.25, 0.3) is 0 Å². The Morgan fingerprint density at radius 1 is 1.22 bits per heavy atom. The Bertz CT molecular complexity index is 581. The number of aromatic nitrogens is 1. The van der Waals surface area contributed by atoms with Crippen molar-refractivity contribution in [1.29, 1.82) is 0 Å². The molecule has 4 heteroatoms. The van der Waals surface area contributed by atoms with Crippen molar-refractivity contribution in [3.63, 3.8) is 0 Å². The average Bonchev–Trinajstić information content (AvgIpc) is 3.10. The normalized spacial score (nSPS) is 14.9. The van der Waals surface area contributed by atoms with Crippen molar-refractivity contribution >= 4 is 0 Å². The SMILES string of the molecule is O=c1ccccn1Cc1ccc(CNC2CC2)o1. The molecule has 0 spiro atoms. The maximum absolute atomic E-state index is 11.6. The molecule has 3 rings (SSSR count). The number of pyridine rings is 1. The maximum Gasteiger partial charge on any atom is 0.250 e. The first kappa shape index (κ1) is 11.3. The van der Waals surface area contributed by atoms with Gasteiger partial charge in [0.1, 0.15) is 11.5 Å². The van der Waals surface area contributed by atoms with Gasteiger partial charge in [-0.05, 0) is 31.0 Å². The lowest BCUT2D eigenvalue weighted by Gasteiger charge is -2.02. The number of furan rings is 1. The molecule has 0 atom stereocenters. The van der Waals surface area contributed by atoms with Crippen LogP contribution in [0.4, 0.5) is 0 Å². The van der Waals surface area contributed by atoms with Crippen molar-refractivity contribution < 1.29 is 4.42 Å². The first-order valence-corrected chi connectivity index (χ1v) is 6.28. The summed E-state index contributed by atoms with van der Waals surface area (Å²) in [4.78, 5) is 11.6. The lowest BCUT2D eigenvalue weighted by atomic mass is 10.4. The highest BCUT2D eigenvalue weighted by Gasteiger charge is 2.20. The Kier molecular flexibility index (Phi) is 3.02. The lowest BCUT2D eigenvalue weighted by Crippen LogP contribution is -2.18. The Morgan fingerprint density at radius 3 is 2.83 bits per heavy atom. The predicted octanol–water partition coefficient (Wildman–Crippen LogP) is 1.74. The molecule has 4 nitrogen and oxygen atoms in total. The van der Waals surface area contributed by atoms with Crippen LogP contribution in [0.2, 0.25) is 0 Å². The van der Waals surface area contributed by atoms with Crippen LogP contribution < -0.4 is 10.9 Å². The first-order valence-electron chi connectivity index (χ1n) is 6.28. The summed E-state index contributed by atoms with van der Waals surface area (Å²) in [6.07, 6.45) is 4.31. The van der Waals surface area contributed by atoms with Gasteiger partial charge in [0.05, 0.1) is 13.1 Å². The summed E-state index contributed by atoms with van der Waals surface area (Å²) >= 11 is 0. The number of nitrogens with one attached hydrogen (secondary N) is 1. The van der Waals surface area contributed by atoms with E-state index >= 15 is 0 Å². The Labute approximate surface area is 105 Å². The molecule has 0 bridgehead atoms. The van der Waals surface area contributed by atoms with E-state index < -0.39 is 0 Å². The molecular formula is C14H16N2O2. The molecule has 18 heavy (non-hydrogen) atoms. The third-order valence-corrected chi connectivity index (χ3v) is 3.08. The molecule has 1 fully saturated rings. The minimum Gasteiger partial charge on any atom is -0.463 e. The molecule has 0 amide bonds. The van der Waals surface area contributed by atoms with Gasteiger partial charge in [-0.25, -0.2) is 0 Å². The fraction of sp³-hybridized carbons (Fsp3) is 0.357. The van der Waals surface area contributed by atoms with Crippen molar-refractivity contribution in [3.05, 3.63) is 58.4 Å². The van der Waals surface area contributed by atoms with E-state index in [0.29, 0.717) is 12.6 Å². The average molecular weight is 244 g/mol. The van der Waals surface area contributed by atoms with Gasteiger partial charge in [-0.1, -0.05) is 6.07 Å². The summed E-state index contributed by atoms with van der Waals surface area (Å²) in [6, 6.07) is 9.72. The lowest BCUT2D eigenvalue weighted by molar-refractivity contribution is 0.435. The van der Waals surface area contributed by atoms with E-state index in [4.69, 9.17) is 4.42 Å². The van der Waals surface area contributed by atoms with Crippen molar-refractivity contribution in [3.8, 4) is 0 Å². The van der Waals surface area contributed by atoms with Gasteiger partial charge < -0.3 is 14.3 Å². The molecule has 0 radical (unpaired) electrons. The van der Waals surface area contributed by atoms with Gasteiger partial charge in [0.15, 0.2) is 0 Å². The summed E-state index contributed by atoms with van der Waals surface area (Å²) < 4.78 is 7.33. The third-order valence-electron chi connectivity index (χ3n) is 3.08. The van der Waals surface area contributed by atoms with Crippen LogP contribution in [-0.2, 0) is 13.1 Å². The molecule has 2 heterocycles. The highest BCUT2D eigenvalue weighted by molar-refractivity contribution is 5.08. The molecule has 1 aliphatic rings. The van der Waals surface area contributed by atoms with E-state index in [0.717, 1.165) is 18.1 Å². The molecule has 2 aromatic heterocycles. The number of rotatable bonds is 5. The number of hydrogen-bond acceptors (Lipinski definition) is 3. The number of hydrogen-bond donors (Lipinski definition) is 1. The van der Waals surface area contributed by atoms with Gasteiger partial charge in [0, 0.05) is 18.3 Å². The van der Waals surface area contributed by atoms with Crippen LogP contribution in [0.3, 0.4) is 0 Å². The maximum atomic E-state index is 11.6. The quantitative estimate of drug-likeness (QED) is 0.871. The van der Waals surface area contributed by atoms with Crippen molar-refractivity contribution in [2.45, 2.75) is 32.0 Å². The minimum atomic E-state index is -0.00782. The van der Waals surface area contributed by atoms with Crippen molar-refractivity contribution in [2.75, 3.05) is 0 Å². The summed E-state index contributed by atoms with van der Waals surface area (Å²) in [6.45, 7) is 1.26. The van der Waals surface area contributed by atoms with Crippen molar-refractivity contribution in [1.82, 2.24) is 9.88 Å². The second-order valence-corrected chi connectivity index (χ2v) is 4.69. The molecule has 1 saturated carbocycles. The van der Waals surface area contributed by atoms with E-state index in [1.807, 2.05) is 18.2 Å². The van der Waals surface area contributed by atoms with Crippen molar-refractivity contribution in [2.24, 2.45) is 0 Å². The van der Waals surface area contributed by atoms with Gasteiger partial charge in [0.25, 0.3) is 5.56 Å². The van der Waals surface area contributed by atoms with Crippen LogP contribution in [0, 0.1) is 0 Å². The first-order chi connectivity index (χ1) is 8.81. The Morgan fingerprint density at radius 2 is 2.06 bits per heavy atom. The van der Waals surface area contributed by atoms with Gasteiger partial charge in [-0.3, -0.25) is 4.79 Å². The Balaban J connectivity index is 1.65. The van der Waals surface area contributed by atoms with E-state index in [1.54, 1.807) is 22.9 Å². The monoisotopic (exact) mass is 244 g/mol. The van der Waals surface area contributed by atoms with Gasteiger partial charge in [-0.2, -0.15) is 0 Å². The van der Waals surface area contributed by atoms with Crippen LogP contribution in [0.1, 0.15) is 24.4 Å². The van der Waals surface area contributed by atoms with E-state index in [2.05, 4.69) is 5.32 Å². The van der Waals surface area contributed by atoms with E-state index in [-0.39, 0.29) is 5.56 Å². The highest BCUT2D eigenvalue weighted by atomic mass is 16.3. The summed E-state index contributed by atoms with van der Waals surface area (Å²) in [7, 11) is 0. The van der Waals surface area contributed by atoms with Crippen LogP contribution >= 0.6 is 0 Å². The highest BCUT2D eigenvalue weighted by Crippen LogP contribution is 2.19. The standard InChI is InChI=1S/C14H16N2O2/c17-14-3-1-2-8-16(14)10-13-7-6-12(18-13)9-15-11-4-5-11/h1-3,6-8,11,15H,4-5,9-10H2. The molecule has 1 N–H and O–H groups in total. The molecule has 2 aromatic rings. The molecule has 0 unspecified atom stereocenters. The minimum absolute atomic E-state index is 0.00782. The van der Waals surface area contributed by atoms with Crippen LogP contribution in [0.5, 0.6) is 0 Å². The zero-order valence-electron chi connectivity index (χ0n) is 10.1. The Hall–Kier alpha value is -1.81. The molecule has 0 aliphatic heterocycles.